The summed E-state index contributed by atoms with van der Waals surface area (Å²) in [4.78, 5) is 32.7. The molecule has 10 heterocycles. The summed E-state index contributed by atoms with van der Waals surface area (Å²) in [6, 6.07) is 30.6. The normalized spacial score (nSPS) is 59.5. The second kappa shape index (κ2) is 3.09. The average Bonchev–Trinajstić information content (AvgIpc) is 3.93. The van der Waals surface area contributed by atoms with Crippen molar-refractivity contribution in [1.29, 1.82) is 0 Å². The fourth-order valence-corrected chi connectivity index (χ4v) is 99.3. The Morgan fingerprint density at radius 1 is 0.585 bits per heavy atom. The Morgan fingerprint density at radius 3 is 1.29 bits per heavy atom. The van der Waals surface area contributed by atoms with E-state index in [4.69, 9.17) is 9.47 Å². The van der Waals surface area contributed by atoms with Gasteiger partial charge in [-0.3, -0.25) is 0 Å². The van der Waals surface area contributed by atoms with E-state index in [-0.39, 0.29) is 32.8 Å². The van der Waals surface area contributed by atoms with Gasteiger partial charge in [-0.2, -0.15) is 0 Å². The van der Waals surface area contributed by atoms with Crippen LogP contribution in [0.4, 0.5) is 0 Å². The first-order valence-corrected chi connectivity index (χ1v) is 21.4. The molecular weight excluding hydrogens is 552 g/mol. The van der Waals surface area contributed by atoms with Crippen molar-refractivity contribution in [3.05, 3.63) is 96.1 Å². The van der Waals surface area contributed by atoms with Crippen LogP contribution in [0.2, 0.25) is 47.2 Å². The Bertz CT molecular complexity index is 2310. The van der Waals surface area contributed by atoms with Crippen LogP contribution in [-0.2, 0) is 25.6 Å². The van der Waals surface area contributed by atoms with Crippen molar-refractivity contribution in [2.45, 2.75) is 73.2 Å². The first-order valence-electron chi connectivity index (χ1n) is 15.2. The molecule has 0 aromatic heterocycles. The van der Waals surface area contributed by atoms with E-state index in [1.807, 2.05) is 0 Å². The van der Waals surface area contributed by atoms with Gasteiger partial charge in [-0.15, -0.1) is 0 Å². The van der Waals surface area contributed by atoms with Gasteiger partial charge >= 0.3 is 228 Å². The molecule has 1 spiro atoms. The van der Waals surface area contributed by atoms with Gasteiger partial charge in [0.1, 0.15) is 0 Å². The van der Waals surface area contributed by atoms with Gasteiger partial charge < -0.3 is 0 Å². The van der Waals surface area contributed by atoms with Gasteiger partial charge in [-0.05, 0) is 0 Å². The van der Waals surface area contributed by atoms with E-state index in [1.54, 1.807) is 13.8 Å². The van der Waals surface area contributed by atoms with Crippen LogP contribution in [0.3, 0.4) is 0 Å². The van der Waals surface area contributed by atoms with E-state index >= 15 is 0 Å². The first-order chi connectivity index (χ1) is 19.7. The Hall–Kier alpha value is -3.14. The molecule has 4 aromatic rings. The minimum atomic E-state index is -4.33. The molecule has 10 atom stereocenters. The Morgan fingerprint density at radius 2 is 0.951 bits per heavy atom. The van der Waals surface area contributed by atoms with Gasteiger partial charge in [0.05, 0.1) is 0 Å². The van der Waals surface area contributed by atoms with Crippen LogP contribution in [0.15, 0.2) is 84.9 Å². The summed E-state index contributed by atoms with van der Waals surface area (Å²) in [5.74, 6) is -0.307. The maximum absolute atomic E-state index is 12.8. The number of hydrogen-bond acceptors (Lipinski definition) is 4. The fourth-order valence-electron chi connectivity index (χ4n) is 22.2. The summed E-state index contributed by atoms with van der Waals surface area (Å²) < 4.78 is 13.5. The molecule has 10 saturated heterocycles. The van der Waals surface area contributed by atoms with Gasteiger partial charge in [-0.25, -0.2) is 0 Å². The third-order valence-corrected chi connectivity index (χ3v) is 63.8. The summed E-state index contributed by atoms with van der Waals surface area (Å²) in [5.41, 5.74) is 2.41. The van der Waals surface area contributed by atoms with Crippen molar-refractivity contribution in [2.75, 3.05) is 0 Å². The van der Waals surface area contributed by atoms with Crippen LogP contribution in [-0.4, -0.2) is 11.9 Å². The number of hydrogen-bond donors (Lipinski definition) is 0. The molecule has 14 rings (SSSR count). The predicted octanol–water partition coefficient (Wildman–Crippen LogP) is 9.03. The molecule has 4 nitrogen and oxygen atoms in total. The molecule has 10 aliphatic heterocycles. The summed E-state index contributed by atoms with van der Waals surface area (Å²) in [6.45, 7) is -1.13. The van der Waals surface area contributed by atoms with E-state index in [0.29, 0.717) is 0 Å². The summed E-state index contributed by atoms with van der Waals surface area (Å²) >= 11 is 0. The van der Waals surface area contributed by atoms with Gasteiger partial charge in [0, 0.05) is 0 Å². The van der Waals surface area contributed by atoms with E-state index in [2.05, 4.69) is 84.9 Å². The Labute approximate surface area is 227 Å². The molecule has 0 N–H and O–H groups in total. The van der Waals surface area contributed by atoms with Crippen LogP contribution < -0.4 is 0 Å². The first kappa shape index (κ1) is 19.9. The van der Waals surface area contributed by atoms with E-state index < -0.39 is 6.51 Å². The van der Waals surface area contributed by atoms with Crippen molar-refractivity contribution in [3.8, 4) is 0 Å². The van der Waals surface area contributed by atoms with Crippen molar-refractivity contribution < 1.29 is 25.6 Å². The van der Waals surface area contributed by atoms with Gasteiger partial charge in [-0.1, -0.05) is 0 Å². The number of fused-ring (bicyclic) bond motifs is 12. The maximum atomic E-state index is 12.8. The molecule has 10 aliphatic rings. The topological polar surface area (TPSA) is 52.6 Å². The molecular formula is C36H30FeO4. The molecule has 5 heteroatoms. The van der Waals surface area contributed by atoms with Gasteiger partial charge in [0.25, 0.3) is 0 Å². The zero-order valence-electron chi connectivity index (χ0n) is 22.8. The standard InChI is InChI=1S/2C18H15O2.Fe/c2*1-13(19)20-18(15-7-3-4-8-15)17-11-10-14-6-2-5-9-16(14)12-17;/h2*2-12,18H,1H3;. The molecule has 0 amide bonds. The zero-order valence-corrected chi connectivity index (χ0v) is 23.9. The number of carbonyl (C=O) groups excluding carboxylic acids is 2. The number of esters is 2. The van der Waals surface area contributed by atoms with Crippen molar-refractivity contribution in [2.24, 2.45) is 0 Å². The summed E-state index contributed by atoms with van der Waals surface area (Å²) in [6.07, 6.45) is -0.268. The van der Waals surface area contributed by atoms with Crippen molar-refractivity contribution >= 4 is 33.5 Å². The van der Waals surface area contributed by atoms with E-state index in [0.717, 1.165) is 38.5 Å². The zero-order chi connectivity index (χ0) is 27.0. The number of rotatable bonds is 6. The van der Waals surface area contributed by atoms with Crippen LogP contribution >= 0.6 is 0 Å². The number of benzene rings is 4. The fraction of sp³-hybridized carbons (Fsp3) is 0.389. The SMILES string of the molecule is CC(=O)OC(c1ccc2ccccc2c1)[C]12[CH]3[CH]4[CH]5[CH]1[Fe]45321678[CH]2[CH]1[CH]6[C]7(C(OC(C)=O)c1ccc3ccccc3c1)[CH]28. The van der Waals surface area contributed by atoms with Crippen LogP contribution in [0.5, 0.6) is 0 Å². The Balaban J connectivity index is 1.03. The summed E-state index contributed by atoms with van der Waals surface area (Å²) in [7, 11) is 0. The quantitative estimate of drug-likeness (QED) is 0.168. The predicted molar refractivity (Wildman–Crippen MR) is 152 cm³/mol. The molecule has 0 bridgehead atoms. The molecule has 4 aromatic carbocycles. The number of ether oxygens (including phenoxy) is 2. The molecule has 206 valence electrons. The minimum absolute atomic E-state index is 0.134. The molecule has 10 unspecified atom stereocenters. The van der Waals surface area contributed by atoms with Crippen LogP contribution in [0.25, 0.3) is 21.5 Å². The summed E-state index contributed by atoms with van der Waals surface area (Å²) in [5, 5.41) is 4.89. The molecule has 0 aliphatic carbocycles. The molecule has 10 fully saturated rings. The molecule has 0 saturated carbocycles. The van der Waals surface area contributed by atoms with Crippen LogP contribution in [0.1, 0.15) is 37.2 Å². The second-order valence-corrected chi connectivity index (χ2v) is 40.4. The molecule has 41 heavy (non-hydrogen) atoms. The third-order valence-electron chi connectivity index (χ3n) is 20.6. The van der Waals surface area contributed by atoms with Crippen molar-refractivity contribution in [3.63, 3.8) is 0 Å². The van der Waals surface area contributed by atoms with Gasteiger partial charge in [0.2, 0.25) is 0 Å². The van der Waals surface area contributed by atoms with Gasteiger partial charge in [0.15, 0.2) is 0 Å². The number of carbonyl (C=O) groups is 2. The van der Waals surface area contributed by atoms with Crippen LogP contribution in [0, 0.1) is 0 Å². The Kier molecular flexibility index (Phi) is 1.50. The van der Waals surface area contributed by atoms with Crippen molar-refractivity contribution in [1.82, 2.24) is 0 Å². The third kappa shape index (κ3) is 0.529. The molecule has 0 radical (unpaired) electrons. The monoisotopic (exact) mass is 582 g/mol. The second-order valence-electron chi connectivity index (χ2n) is 17.1. The van der Waals surface area contributed by atoms with E-state index in [1.165, 1.54) is 32.7 Å². The van der Waals surface area contributed by atoms with E-state index in [9.17, 15) is 9.59 Å². The average molecular weight is 582 g/mol.